The molecule has 2 aliphatic rings. The van der Waals surface area contributed by atoms with E-state index in [4.69, 9.17) is 11.6 Å². The number of hydrogen-bond donors (Lipinski definition) is 0. The molecule has 1 amide bonds. The lowest BCUT2D eigenvalue weighted by molar-refractivity contribution is -0.138. The third kappa shape index (κ3) is 3.54. The van der Waals surface area contributed by atoms with Gasteiger partial charge in [-0.1, -0.05) is 18.0 Å². The van der Waals surface area contributed by atoms with Gasteiger partial charge in [-0.15, -0.1) is 0 Å². The second-order valence-electron chi connectivity index (χ2n) is 6.16. The Bertz CT molecular complexity index is 671. The quantitative estimate of drug-likeness (QED) is 0.835. The van der Waals surface area contributed by atoms with Gasteiger partial charge in [0.05, 0.1) is 4.90 Å². The molecule has 2 fully saturated rings. The fourth-order valence-corrected chi connectivity index (χ4v) is 4.62. The van der Waals surface area contributed by atoms with E-state index in [1.165, 1.54) is 16.4 Å². The first-order chi connectivity index (χ1) is 11.0. The van der Waals surface area contributed by atoms with Crippen LogP contribution in [0.1, 0.15) is 25.7 Å². The number of nitrogens with zero attached hydrogens (tertiary/aromatic N) is 2. The summed E-state index contributed by atoms with van der Waals surface area (Å²) in [5, 5.41) is 0.511. The Balaban J connectivity index is 1.69. The summed E-state index contributed by atoms with van der Waals surface area (Å²) in [6, 6.07) is 6.22. The molecule has 0 unspecified atom stereocenters. The Hall–Kier alpha value is -1.11. The van der Waals surface area contributed by atoms with E-state index in [9.17, 15) is 13.2 Å². The SMILES string of the molecule is O=C(C1CCC1)N1CCCN(S(=O)(=O)c2ccc(Cl)cc2)CC1. The average Bonchev–Trinajstić information content (AvgIpc) is 2.72. The minimum Gasteiger partial charge on any atom is -0.341 e. The molecule has 1 saturated carbocycles. The molecule has 0 spiro atoms. The number of rotatable bonds is 3. The maximum Gasteiger partial charge on any atom is 0.243 e. The van der Waals surface area contributed by atoms with Crippen LogP contribution in [0.25, 0.3) is 0 Å². The minimum atomic E-state index is -3.53. The highest BCUT2D eigenvalue weighted by Gasteiger charge is 2.32. The van der Waals surface area contributed by atoms with Crippen LogP contribution in [0.2, 0.25) is 5.02 Å². The van der Waals surface area contributed by atoms with E-state index in [-0.39, 0.29) is 16.7 Å². The summed E-state index contributed by atoms with van der Waals surface area (Å²) in [5.41, 5.74) is 0. The number of sulfonamides is 1. The van der Waals surface area contributed by atoms with Gasteiger partial charge in [-0.2, -0.15) is 4.31 Å². The van der Waals surface area contributed by atoms with Crippen LogP contribution < -0.4 is 0 Å². The van der Waals surface area contributed by atoms with Crippen molar-refractivity contribution in [2.75, 3.05) is 26.2 Å². The topological polar surface area (TPSA) is 57.7 Å². The predicted molar refractivity (Wildman–Crippen MR) is 88.7 cm³/mol. The number of halogens is 1. The van der Waals surface area contributed by atoms with Crippen molar-refractivity contribution >= 4 is 27.5 Å². The van der Waals surface area contributed by atoms with Crippen molar-refractivity contribution in [3.63, 3.8) is 0 Å². The monoisotopic (exact) mass is 356 g/mol. The van der Waals surface area contributed by atoms with E-state index in [0.717, 1.165) is 19.3 Å². The van der Waals surface area contributed by atoms with Gasteiger partial charge in [0.2, 0.25) is 15.9 Å². The minimum absolute atomic E-state index is 0.162. The highest BCUT2D eigenvalue weighted by molar-refractivity contribution is 7.89. The molecule has 5 nitrogen and oxygen atoms in total. The van der Waals surface area contributed by atoms with Crippen LogP contribution in [0, 0.1) is 5.92 Å². The van der Waals surface area contributed by atoms with Gasteiger partial charge < -0.3 is 4.90 Å². The molecule has 1 aromatic carbocycles. The van der Waals surface area contributed by atoms with E-state index in [2.05, 4.69) is 0 Å². The lowest BCUT2D eigenvalue weighted by Crippen LogP contribution is -2.41. The van der Waals surface area contributed by atoms with Crippen LogP contribution in [0.3, 0.4) is 0 Å². The Morgan fingerprint density at radius 2 is 1.70 bits per heavy atom. The molecule has 1 saturated heterocycles. The average molecular weight is 357 g/mol. The molecule has 3 rings (SSSR count). The van der Waals surface area contributed by atoms with Crippen LogP contribution >= 0.6 is 11.6 Å². The van der Waals surface area contributed by atoms with Gasteiger partial charge in [0.1, 0.15) is 0 Å². The first-order valence-corrected chi connectivity index (χ1v) is 9.85. The van der Waals surface area contributed by atoms with Crippen molar-refractivity contribution in [2.24, 2.45) is 5.92 Å². The number of hydrogen-bond acceptors (Lipinski definition) is 3. The lowest BCUT2D eigenvalue weighted by atomic mass is 9.84. The van der Waals surface area contributed by atoms with Crippen molar-refractivity contribution in [1.29, 1.82) is 0 Å². The molecule has 0 atom stereocenters. The summed E-state index contributed by atoms with van der Waals surface area (Å²) >= 11 is 5.82. The number of carbonyl (C=O) groups is 1. The third-order valence-electron chi connectivity index (χ3n) is 4.67. The molecule has 1 heterocycles. The van der Waals surface area contributed by atoms with Gasteiger partial charge in [-0.25, -0.2) is 8.42 Å². The lowest BCUT2D eigenvalue weighted by Gasteiger charge is -2.31. The largest absolute Gasteiger partial charge is 0.341 e. The zero-order valence-corrected chi connectivity index (χ0v) is 14.5. The molecular weight excluding hydrogens is 336 g/mol. The molecule has 126 valence electrons. The van der Waals surface area contributed by atoms with Gasteiger partial charge in [0, 0.05) is 37.1 Å². The zero-order valence-electron chi connectivity index (χ0n) is 12.9. The highest BCUT2D eigenvalue weighted by Crippen LogP contribution is 2.29. The number of benzene rings is 1. The van der Waals surface area contributed by atoms with E-state index in [1.807, 2.05) is 4.90 Å². The molecule has 0 bridgehead atoms. The van der Waals surface area contributed by atoms with Crippen LogP contribution in [0.5, 0.6) is 0 Å². The third-order valence-corrected chi connectivity index (χ3v) is 6.84. The van der Waals surface area contributed by atoms with Gasteiger partial charge in [0.15, 0.2) is 0 Å². The van der Waals surface area contributed by atoms with Gasteiger partial charge >= 0.3 is 0 Å². The van der Waals surface area contributed by atoms with Crippen LogP contribution in [-0.4, -0.2) is 49.7 Å². The fourth-order valence-electron chi connectivity index (χ4n) is 3.02. The normalized spacial score (nSPS) is 20.8. The Morgan fingerprint density at radius 3 is 2.30 bits per heavy atom. The molecule has 1 aromatic rings. The second-order valence-corrected chi connectivity index (χ2v) is 8.54. The summed E-state index contributed by atoms with van der Waals surface area (Å²) in [5.74, 6) is 0.358. The van der Waals surface area contributed by atoms with Crippen LogP contribution in [-0.2, 0) is 14.8 Å². The Labute approximate surface area is 142 Å². The Kier molecular flexibility index (Phi) is 4.94. The van der Waals surface area contributed by atoms with Crippen molar-refractivity contribution in [3.8, 4) is 0 Å². The van der Waals surface area contributed by atoms with Crippen LogP contribution in [0.4, 0.5) is 0 Å². The van der Waals surface area contributed by atoms with E-state index in [1.54, 1.807) is 12.1 Å². The smallest absolute Gasteiger partial charge is 0.243 e. The maximum absolute atomic E-state index is 12.7. The first kappa shape index (κ1) is 16.7. The van der Waals surface area contributed by atoms with Gasteiger partial charge in [-0.3, -0.25) is 4.79 Å². The Morgan fingerprint density at radius 1 is 1.00 bits per heavy atom. The summed E-state index contributed by atoms with van der Waals surface area (Å²) in [6.07, 6.45) is 3.75. The van der Waals surface area contributed by atoms with Gasteiger partial charge in [0.25, 0.3) is 0 Å². The molecular formula is C16H21ClN2O3S. The number of amides is 1. The molecule has 1 aliphatic carbocycles. The first-order valence-electron chi connectivity index (χ1n) is 8.03. The summed E-state index contributed by atoms with van der Waals surface area (Å²) in [7, 11) is -3.53. The zero-order chi connectivity index (χ0) is 16.4. The summed E-state index contributed by atoms with van der Waals surface area (Å²) in [6.45, 7) is 1.91. The molecule has 0 radical (unpaired) electrons. The van der Waals surface area contributed by atoms with E-state index >= 15 is 0 Å². The molecule has 1 aliphatic heterocycles. The highest BCUT2D eigenvalue weighted by atomic mass is 35.5. The molecule has 0 aromatic heterocycles. The van der Waals surface area contributed by atoms with Crippen molar-refractivity contribution < 1.29 is 13.2 Å². The second kappa shape index (κ2) is 6.79. The van der Waals surface area contributed by atoms with Crippen molar-refractivity contribution in [1.82, 2.24) is 9.21 Å². The summed E-state index contributed by atoms with van der Waals surface area (Å²) < 4.78 is 26.9. The van der Waals surface area contributed by atoms with Crippen molar-refractivity contribution in [2.45, 2.75) is 30.6 Å². The fraction of sp³-hybridized carbons (Fsp3) is 0.562. The maximum atomic E-state index is 12.7. The van der Waals surface area contributed by atoms with Crippen molar-refractivity contribution in [3.05, 3.63) is 29.3 Å². The summed E-state index contributed by atoms with van der Waals surface area (Å²) in [4.78, 5) is 14.4. The standard InChI is InChI=1S/C16H21ClN2O3S/c17-14-5-7-15(8-6-14)23(21,22)19-10-2-9-18(11-12-19)16(20)13-3-1-4-13/h5-8,13H,1-4,9-12H2. The van der Waals surface area contributed by atoms with Gasteiger partial charge in [-0.05, 0) is 43.5 Å². The predicted octanol–water partition coefficient (Wildman–Crippen LogP) is 2.36. The van der Waals surface area contributed by atoms with E-state index in [0.29, 0.717) is 37.6 Å². The molecule has 0 N–H and O–H groups in total. The number of carbonyl (C=O) groups excluding carboxylic acids is 1. The van der Waals surface area contributed by atoms with E-state index < -0.39 is 10.0 Å². The molecule has 23 heavy (non-hydrogen) atoms. The van der Waals surface area contributed by atoms with Crippen LogP contribution in [0.15, 0.2) is 29.2 Å². The molecule has 7 heteroatoms.